The van der Waals surface area contributed by atoms with Crippen molar-refractivity contribution >= 4 is 40.9 Å². The first-order valence-electron chi connectivity index (χ1n) is 10.7. The molecule has 2 aromatic carbocycles. The van der Waals surface area contributed by atoms with Gasteiger partial charge in [-0.15, -0.1) is 0 Å². The summed E-state index contributed by atoms with van der Waals surface area (Å²) >= 11 is 11.9. The average Bonchev–Trinajstić information content (AvgIpc) is 2.82. The highest BCUT2D eigenvalue weighted by atomic mass is 35.5. The van der Waals surface area contributed by atoms with Crippen LogP contribution in [0.15, 0.2) is 65.9 Å². The highest BCUT2D eigenvalue weighted by Crippen LogP contribution is 2.28. The normalized spacial score (nSPS) is 15.3. The molecule has 0 aromatic heterocycles. The molecule has 2 aromatic rings. The van der Waals surface area contributed by atoms with Gasteiger partial charge in [-0.1, -0.05) is 23.2 Å². The number of carbonyl (C=O) groups excluding carboxylic acids is 1. The van der Waals surface area contributed by atoms with Crippen LogP contribution in [-0.4, -0.2) is 52.5 Å². The lowest BCUT2D eigenvalue weighted by Gasteiger charge is -2.28. The minimum Gasteiger partial charge on any atom is -0.478 e. The molecule has 0 saturated carbocycles. The van der Waals surface area contributed by atoms with Crippen molar-refractivity contribution in [2.45, 2.75) is 12.8 Å². The molecule has 1 aliphatic heterocycles. The number of hydrogen-bond donors (Lipinski definition) is 2. The van der Waals surface area contributed by atoms with Crippen LogP contribution in [0.1, 0.15) is 23.2 Å². The molecule has 7 nitrogen and oxygen atoms in total. The number of Topliss-reactive ketones (excluding diaryl/α,β-unsaturated/α-hetero) is 1. The quantitative estimate of drug-likeness (QED) is 0.331. The smallest absolute Gasteiger partial charge is 0.332 e. The Bertz CT molecular complexity index is 1180. The van der Waals surface area contributed by atoms with Crippen LogP contribution >= 0.6 is 23.2 Å². The van der Waals surface area contributed by atoms with E-state index in [2.05, 4.69) is 0 Å². The fraction of sp³-hybridized carbons (Fsp3) is 0.240. The maximum Gasteiger partial charge on any atom is 0.332 e. The number of carboxylic acid groups (broad SMARTS) is 2. The Kier molecular flexibility index (Phi) is 9.03. The molecule has 0 spiro atoms. The fourth-order valence-corrected chi connectivity index (χ4v) is 3.97. The summed E-state index contributed by atoms with van der Waals surface area (Å²) in [6.45, 7) is 1.40. The molecule has 0 bridgehead atoms. The van der Waals surface area contributed by atoms with E-state index in [4.69, 9.17) is 33.0 Å². The van der Waals surface area contributed by atoms with Crippen LogP contribution < -0.4 is 4.74 Å². The summed E-state index contributed by atoms with van der Waals surface area (Å²) in [6.07, 6.45) is 3.04. The zero-order chi connectivity index (χ0) is 25.5. The molecule has 0 saturated heterocycles. The predicted octanol–water partition coefficient (Wildman–Crippen LogP) is 5.09. The number of hydrogen-bond acceptors (Lipinski definition) is 5. The van der Waals surface area contributed by atoms with Gasteiger partial charge < -0.3 is 14.9 Å². The molecule has 184 valence electrons. The lowest BCUT2D eigenvalue weighted by atomic mass is 9.87. The van der Waals surface area contributed by atoms with Crippen LogP contribution in [0.25, 0.3) is 0 Å². The van der Waals surface area contributed by atoms with Gasteiger partial charge in [-0.2, -0.15) is 0 Å². The third-order valence-electron chi connectivity index (χ3n) is 5.47. The Hall–Kier alpha value is -3.20. The van der Waals surface area contributed by atoms with Gasteiger partial charge in [-0.05, 0) is 55.4 Å². The van der Waals surface area contributed by atoms with E-state index in [9.17, 15) is 23.9 Å². The highest BCUT2D eigenvalue weighted by molar-refractivity contribution is 6.42. The van der Waals surface area contributed by atoms with Crippen LogP contribution in [0.5, 0.6) is 5.75 Å². The standard InChI is InChI=1S/C25H22Cl2FNO6/c26-21-6-5-18(13-22(21)27)35-17-7-10-29(11-8-17)12-9-19(20(25(33)34)14-23(30)31)24(32)15-1-3-16(28)4-2-15/h1-7,13-14,19H,8-12H2,(H,30,31)(H,33,34)/b20-14+. The van der Waals surface area contributed by atoms with E-state index in [1.807, 2.05) is 11.0 Å². The second kappa shape index (κ2) is 12.0. The summed E-state index contributed by atoms with van der Waals surface area (Å²) in [6, 6.07) is 9.65. The van der Waals surface area contributed by atoms with E-state index < -0.39 is 35.0 Å². The first-order chi connectivity index (χ1) is 16.6. The molecule has 1 atom stereocenters. The SMILES string of the molecule is O=C(O)/C=C(/C(=O)O)C(CCN1CC=C(Oc2ccc(Cl)c(Cl)c2)CC1)C(=O)c1ccc(F)cc1. The van der Waals surface area contributed by atoms with Crippen molar-refractivity contribution in [3.63, 3.8) is 0 Å². The number of nitrogens with zero attached hydrogens (tertiary/aromatic N) is 1. The molecule has 2 N–H and O–H groups in total. The first kappa shape index (κ1) is 26.4. The number of carboxylic acids is 2. The Balaban J connectivity index is 1.70. The minimum absolute atomic E-state index is 0.0679. The largest absolute Gasteiger partial charge is 0.478 e. The second-order valence-electron chi connectivity index (χ2n) is 7.85. The lowest BCUT2D eigenvalue weighted by molar-refractivity contribution is -0.135. The van der Waals surface area contributed by atoms with Crippen molar-refractivity contribution in [1.29, 1.82) is 0 Å². The van der Waals surface area contributed by atoms with Gasteiger partial charge in [-0.3, -0.25) is 9.69 Å². The van der Waals surface area contributed by atoms with Crippen LogP contribution in [0.4, 0.5) is 4.39 Å². The maximum absolute atomic E-state index is 13.3. The van der Waals surface area contributed by atoms with E-state index in [0.717, 1.165) is 17.9 Å². The summed E-state index contributed by atoms with van der Waals surface area (Å²) in [4.78, 5) is 38.0. The fourth-order valence-electron chi connectivity index (χ4n) is 3.68. The lowest BCUT2D eigenvalue weighted by Crippen LogP contribution is -2.34. The number of benzene rings is 2. The van der Waals surface area contributed by atoms with Crippen LogP contribution in [0.2, 0.25) is 10.0 Å². The molecule has 1 heterocycles. The third-order valence-corrected chi connectivity index (χ3v) is 6.21. The van der Waals surface area contributed by atoms with Gasteiger partial charge in [0.25, 0.3) is 0 Å². The van der Waals surface area contributed by atoms with Crippen LogP contribution in [0, 0.1) is 11.7 Å². The summed E-state index contributed by atoms with van der Waals surface area (Å²) in [5.74, 6) is -4.03. The Morgan fingerprint density at radius 1 is 1.09 bits per heavy atom. The highest BCUT2D eigenvalue weighted by Gasteiger charge is 2.30. The average molecular weight is 522 g/mol. The summed E-state index contributed by atoms with van der Waals surface area (Å²) in [5.41, 5.74) is -0.423. The van der Waals surface area contributed by atoms with E-state index >= 15 is 0 Å². The van der Waals surface area contributed by atoms with Gasteiger partial charge in [0.2, 0.25) is 0 Å². The van der Waals surface area contributed by atoms with Crippen molar-refractivity contribution in [2.75, 3.05) is 19.6 Å². The van der Waals surface area contributed by atoms with E-state index in [1.165, 1.54) is 12.1 Å². The van der Waals surface area contributed by atoms with Crippen molar-refractivity contribution < 1.29 is 33.7 Å². The zero-order valence-corrected chi connectivity index (χ0v) is 19.9. The number of carbonyl (C=O) groups is 3. The molecule has 1 aliphatic rings. The number of aliphatic carboxylic acids is 2. The van der Waals surface area contributed by atoms with Crippen molar-refractivity contribution in [2.24, 2.45) is 5.92 Å². The van der Waals surface area contributed by atoms with Gasteiger partial charge in [0.05, 0.1) is 21.5 Å². The van der Waals surface area contributed by atoms with Crippen molar-refractivity contribution in [3.05, 3.63) is 87.4 Å². The molecular formula is C25H22Cl2FNO6. The Morgan fingerprint density at radius 3 is 2.37 bits per heavy atom. The van der Waals surface area contributed by atoms with Crippen molar-refractivity contribution in [3.8, 4) is 5.75 Å². The molecule has 1 unspecified atom stereocenters. The predicted molar refractivity (Wildman–Crippen MR) is 128 cm³/mol. The van der Waals surface area contributed by atoms with Gasteiger partial charge in [0.15, 0.2) is 5.78 Å². The molecule has 0 aliphatic carbocycles. The van der Waals surface area contributed by atoms with Crippen LogP contribution in [0.3, 0.4) is 0 Å². The topological polar surface area (TPSA) is 104 Å². The van der Waals surface area contributed by atoms with Crippen molar-refractivity contribution in [1.82, 2.24) is 4.90 Å². The molecule has 35 heavy (non-hydrogen) atoms. The van der Waals surface area contributed by atoms with Gasteiger partial charge in [0.1, 0.15) is 17.3 Å². The van der Waals surface area contributed by atoms with Gasteiger partial charge in [0, 0.05) is 37.2 Å². The molecule has 0 fully saturated rings. The molecule has 0 radical (unpaired) electrons. The Labute approximate surface area is 211 Å². The first-order valence-corrected chi connectivity index (χ1v) is 11.4. The number of ketones is 1. The number of ether oxygens (including phenoxy) is 1. The zero-order valence-electron chi connectivity index (χ0n) is 18.4. The Morgan fingerprint density at radius 2 is 1.80 bits per heavy atom. The van der Waals surface area contributed by atoms with Gasteiger partial charge >= 0.3 is 11.9 Å². The summed E-state index contributed by atoms with van der Waals surface area (Å²) in [5, 5.41) is 19.5. The van der Waals surface area contributed by atoms with E-state index in [1.54, 1.807) is 18.2 Å². The summed E-state index contributed by atoms with van der Waals surface area (Å²) in [7, 11) is 0. The molecular weight excluding hydrogens is 500 g/mol. The second-order valence-corrected chi connectivity index (χ2v) is 8.67. The molecule has 3 rings (SSSR count). The van der Waals surface area contributed by atoms with E-state index in [0.29, 0.717) is 47.9 Å². The number of rotatable bonds is 10. The third kappa shape index (κ3) is 7.39. The molecule has 10 heteroatoms. The monoisotopic (exact) mass is 521 g/mol. The van der Waals surface area contributed by atoms with E-state index in [-0.39, 0.29) is 12.0 Å². The van der Waals surface area contributed by atoms with Crippen LogP contribution in [-0.2, 0) is 9.59 Å². The minimum atomic E-state index is -1.50. The summed E-state index contributed by atoms with van der Waals surface area (Å²) < 4.78 is 19.1. The maximum atomic E-state index is 13.3. The number of halogens is 3. The van der Waals surface area contributed by atoms with Gasteiger partial charge in [-0.25, -0.2) is 14.0 Å². The molecule has 0 amide bonds.